The van der Waals surface area contributed by atoms with Crippen molar-refractivity contribution in [3.8, 4) is 11.1 Å². The van der Waals surface area contributed by atoms with Crippen LogP contribution in [-0.4, -0.2) is 0 Å². The molecule has 1 fully saturated rings. The van der Waals surface area contributed by atoms with Gasteiger partial charge in [-0.1, -0.05) is 56.2 Å². The number of halogens is 4. The minimum atomic E-state index is -1.82. The maximum absolute atomic E-state index is 16.3. The van der Waals surface area contributed by atoms with Crippen LogP contribution >= 0.6 is 0 Å². The molecule has 0 aromatic heterocycles. The number of rotatable bonds is 5. The molecule has 1 atom stereocenters. The first kappa shape index (κ1) is 21.9. The second-order valence-corrected chi connectivity index (χ2v) is 8.89. The summed E-state index contributed by atoms with van der Waals surface area (Å²) < 4.78 is 58.2. The van der Waals surface area contributed by atoms with Crippen LogP contribution in [0.4, 0.5) is 17.6 Å². The van der Waals surface area contributed by atoms with Crippen molar-refractivity contribution >= 4 is 0 Å². The van der Waals surface area contributed by atoms with E-state index in [4.69, 9.17) is 0 Å². The van der Waals surface area contributed by atoms with Gasteiger partial charge in [0.15, 0.2) is 23.1 Å². The number of allylic oxidation sites excluding steroid dienone is 4. The predicted molar refractivity (Wildman–Crippen MR) is 117 cm³/mol. The first-order valence-electron chi connectivity index (χ1n) is 11.2. The topological polar surface area (TPSA) is 0 Å². The van der Waals surface area contributed by atoms with Crippen LogP contribution in [-0.2, 0) is 5.67 Å². The summed E-state index contributed by atoms with van der Waals surface area (Å²) in [6, 6.07) is 8.58. The molecule has 2 aliphatic carbocycles. The lowest BCUT2D eigenvalue weighted by atomic mass is 9.73. The summed E-state index contributed by atoms with van der Waals surface area (Å²) in [5.41, 5.74) is -0.432. The third-order valence-electron chi connectivity index (χ3n) is 6.84. The molecule has 31 heavy (non-hydrogen) atoms. The number of benzene rings is 2. The lowest BCUT2D eigenvalue weighted by Crippen LogP contribution is -2.23. The van der Waals surface area contributed by atoms with Gasteiger partial charge >= 0.3 is 0 Å². The fourth-order valence-corrected chi connectivity index (χ4v) is 5.19. The summed E-state index contributed by atoms with van der Waals surface area (Å²) in [4.78, 5) is 0. The zero-order chi connectivity index (χ0) is 22.0. The Labute approximate surface area is 181 Å². The standard InChI is InChI=1S/C27H28F4/c1-2-6-18-10-12-19(13-11-18)20-7-5-16-27(31,17-20)23-9-4-3-8-21(23)22-14-15-24(28)26(30)25(22)29/h3-5,7-9,14-15,17-19H,2,6,10-13,16H2,1H3/t18-,19-,27?. The Bertz CT molecular complexity index is 998. The molecule has 164 valence electrons. The van der Waals surface area contributed by atoms with Crippen molar-refractivity contribution in [3.63, 3.8) is 0 Å². The normalized spacial score (nSPS) is 26.0. The summed E-state index contributed by atoms with van der Waals surface area (Å²) in [5, 5.41) is 0. The van der Waals surface area contributed by atoms with Crippen LogP contribution in [0.3, 0.4) is 0 Å². The first-order valence-corrected chi connectivity index (χ1v) is 11.2. The van der Waals surface area contributed by atoms with E-state index in [9.17, 15) is 13.2 Å². The van der Waals surface area contributed by atoms with Gasteiger partial charge in [-0.15, -0.1) is 0 Å². The quantitative estimate of drug-likeness (QED) is 0.331. The van der Waals surface area contributed by atoms with Gasteiger partial charge in [0.2, 0.25) is 0 Å². The van der Waals surface area contributed by atoms with Crippen molar-refractivity contribution in [1.82, 2.24) is 0 Å². The molecule has 0 amide bonds. The highest BCUT2D eigenvalue weighted by molar-refractivity contribution is 5.70. The average molecular weight is 429 g/mol. The minimum absolute atomic E-state index is 0.129. The molecule has 0 bridgehead atoms. The zero-order valence-corrected chi connectivity index (χ0v) is 17.8. The van der Waals surface area contributed by atoms with Crippen LogP contribution in [0.1, 0.15) is 57.4 Å². The Morgan fingerprint density at radius 3 is 2.39 bits per heavy atom. The van der Waals surface area contributed by atoms with E-state index < -0.39 is 23.1 Å². The van der Waals surface area contributed by atoms with E-state index in [2.05, 4.69) is 6.92 Å². The third-order valence-corrected chi connectivity index (χ3v) is 6.84. The highest BCUT2D eigenvalue weighted by Crippen LogP contribution is 2.45. The van der Waals surface area contributed by atoms with Crippen LogP contribution in [0.25, 0.3) is 11.1 Å². The van der Waals surface area contributed by atoms with Crippen molar-refractivity contribution in [1.29, 1.82) is 0 Å². The van der Waals surface area contributed by atoms with E-state index >= 15 is 4.39 Å². The fraction of sp³-hybridized carbons (Fsp3) is 0.407. The second-order valence-electron chi connectivity index (χ2n) is 8.89. The van der Waals surface area contributed by atoms with Crippen LogP contribution in [0.2, 0.25) is 0 Å². The summed E-state index contributed by atoms with van der Waals surface area (Å²) in [6.45, 7) is 2.21. The summed E-state index contributed by atoms with van der Waals surface area (Å²) in [6.07, 6.45) is 12.5. The zero-order valence-electron chi connectivity index (χ0n) is 17.8. The smallest absolute Gasteiger partial charge is 0.195 e. The maximum atomic E-state index is 16.3. The maximum Gasteiger partial charge on any atom is 0.195 e. The van der Waals surface area contributed by atoms with E-state index in [0.29, 0.717) is 5.92 Å². The molecule has 1 unspecified atom stereocenters. The molecule has 2 aromatic rings. The Hall–Kier alpha value is -2.36. The first-order chi connectivity index (χ1) is 14.9. The molecular formula is C27H28F4. The second kappa shape index (κ2) is 9.02. The molecule has 0 N–H and O–H groups in total. The van der Waals surface area contributed by atoms with Crippen molar-refractivity contribution in [2.75, 3.05) is 0 Å². The molecule has 4 rings (SSSR count). The summed E-state index contributed by atoms with van der Waals surface area (Å²) >= 11 is 0. The SMILES string of the molecule is CCC[C@H]1CC[C@H](C2=CC(F)(c3ccccc3-c3ccc(F)c(F)c3F)CC=C2)CC1. The molecule has 2 aromatic carbocycles. The van der Waals surface area contributed by atoms with E-state index in [-0.39, 0.29) is 23.1 Å². The Kier molecular flexibility index (Phi) is 6.36. The lowest BCUT2D eigenvalue weighted by Gasteiger charge is -2.33. The van der Waals surface area contributed by atoms with Gasteiger partial charge in [0.25, 0.3) is 0 Å². The van der Waals surface area contributed by atoms with Gasteiger partial charge in [-0.25, -0.2) is 17.6 Å². The van der Waals surface area contributed by atoms with Crippen LogP contribution in [0.15, 0.2) is 60.2 Å². The van der Waals surface area contributed by atoms with E-state index in [0.717, 1.165) is 30.4 Å². The van der Waals surface area contributed by atoms with Crippen molar-refractivity contribution in [3.05, 3.63) is 83.2 Å². The Morgan fingerprint density at radius 2 is 1.65 bits per heavy atom. The number of hydrogen-bond donors (Lipinski definition) is 0. The van der Waals surface area contributed by atoms with Gasteiger partial charge < -0.3 is 0 Å². The van der Waals surface area contributed by atoms with Gasteiger partial charge in [-0.3, -0.25) is 0 Å². The molecule has 0 heterocycles. The van der Waals surface area contributed by atoms with Crippen molar-refractivity contribution in [2.24, 2.45) is 11.8 Å². The highest BCUT2D eigenvalue weighted by atomic mass is 19.2. The Balaban J connectivity index is 1.67. The molecule has 2 aliphatic rings. The molecule has 4 heteroatoms. The molecule has 0 saturated heterocycles. The number of alkyl halides is 1. The number of hydrogen-bond acceptors (Lipinski definition) is 0. The average Bonchev–Trinajstić information content (AvgIpc) is 2.78. The largest absolute Gasteiger partial charge is 0.234 e. The van der Waals surface area contributed by atoms with Crippen molar-refractivity contribution < 1.29 is 17.6 Å². The highest BCUT2D eigenvalue weighted by Gasteiger charge is 2.35. The van der Waals surface area contributed by atoms with E-state index in [1.807, 2.05) is 12.2 Å². The van der Waals surface area contributed by atoms with Gasteiger partial charge in [0, 0.05) is 17.5 Å². The lowest BCUT2D eigenvalue weighted by molar-refractivity contribution is 0.228. The molecule has 0 radical (unpaired) electrons. The fourth-order valence-electron chi connectivity index (χ4n) is 5.19. The van der Waals surface area contributed by atoms with E-state index in [1.54, 1.807) is 30.3 Å². The molecule has 0 nitrogen and oxygen atoms in total. The molecule has 1 saturated carbocycles. The van der Waals surface area contributed by atoms with E-state index in [1.165, 1.54) is 31.7 Å². The van der Waals surface area contributed by atoms with Crippen LogP contribution in [0, 0.1) is 29.3 Å². The Morgan fingerprint density at radius 1 is 0.903 bits per heavy atom. The van der Waals surface area contributed by atoms with Gasteiger partial charge in [0.05, 0.1) is 0 Å². The van der Waals surface area contributed by atoms with Gasteiger partial charge in [0.1, 0.15) is 0 Å². The summed E-state index contributed by atoms with van der Waals surface area (Å²) in [5.74, 6) is -2.99. The molecule has 0 spiro atoms. The summed E-state index contributed by atoms with van der Waals surface area (Å²) in [7, 11) is 0. The monoisotopic (exact) mass is 428 g/mol. The van der Waals surface area contributed by atoms with Crippen LogP contribution < -0.4 is 0 Å². The minimum Gasteiger partial charge on any atom is -0.234 e. The van der Waals surface area contributed by atoms with Gasteiger partial charge in [-0.2, -0.15) is 0 Å². The van der Waals surface area contributed by atoms with Gasteiger partial charge in [-0.05, 0) is 66.9 Å². The third kappa shape index (κ3) is 4.35. The van der Waals surface area contributed by atoms with Crippen LogP contribution in [0.5, 0.6) is 0 Å². The predicted octanol–water partition coefficient (Wildman–Crippen LogP) is 8.43. The van der Waals surface area contributed by atoms with Crippen molar-refractivity contribution in [2.45, 2.75) is 57.5 Å². The molecule has 0 aliphatic heterocycles. The molecular weight excluding hydrogens is 400 g/mol.